The van der Waals surface area contributed by atoms with Gasteiger partial charge in [-0.1, -0.05) is 42.0 Å². The molecule has 53 heavy (non-hydrogen) atoms. The van der Waals surface area contributed by atoms with Crippen molar-refractivity contribution in [2.75, 3.05) is 26.9 Å². The number of hydrogen-bond donors (Lipinski definition) is 4. The highest BCUT2D eigenvalue weighted by atomic mass is 35.5. The molecule has 2 aromatic carbocycles. The van der Waals surface area contributed by atoms with Crippen molar-refractivity contribution in [1.29, 1.82) is 0 Å². The third-order valence-corrected chi connectivity index (χ3v) is 8.58. The summed E-state index contributed by atoms with van der Waals surface area (Å²) in [5.74, 6) is -1.71. The maximum Gasteiger partial charge on any atom is 0.338 e. The normalized spacial score (nSPS) is 19.4. The van der Waals surface area contributed by atoms with Crippen LogP contribution >= 0.6 is 11.6 Å². The molecule has 0 aromatic heterocycles. The number of ether oxygens (including phenoxy) is 4. The molecule has 1 amide bonds. The van der Waals surface area contributed by atoms with E-state index in [9.17, 15) is 39.8 Å². The Morgan fingerprint density at radius 2 is 1.83 bits per heavy atom. The van der Waals surface area contributed by atoms with Crippen molar-refractivity contribution in [3.63, 3.8) is 0 Å². The zero-order valence-electron chi connectivity index (χ0n) is 29.6. The monoisotopic (exact) mass is 762 g/mol. The molecule has 2 aromatic rings. The van der Waals surface area contributed by atoms with Gasteiger partial charge in [0.05, 0.1) is 38.1 Å². The average molecular weight is 763 g/mol. The van der Waals surface area contributed by atoms with Crippen LogP contribution in [0.1, 0.15) is 62.2 Å². The Morgan fingerprint density at radius 3 is 2.57 bits per heavy atom. The van der Waals surface area contributed by atoms with Crippen molar-refractivity contribution in [2.24, 2.45) is 11.8 Å². The maximum absolute atomic E-state index is 12.7. The number of allylic oxidation sites excluding steroid dienone is 2. The fourth-order valence-corrected chi connectivity index (χ4v) is 5.73. The van der Waals surface area contributed by atoms with Gasteiger partial charge in [-0.05, 0) is 81.3 Å². The highest BCUT2D eigenvalue weighted by molar-refractivity contribution is 6.30. The summed E-state index contributed by atoms with van der Waals surface area (Å²) in [6, 6.07) is 9.95. The Bertz CT molecular complexity index is 1570. The van der Waals surface area contributed by atoms with E-state index in [-0.39, 0.29) is 67.5 Å². The fourth-order valence-electron chi connectivity index (χ4n) is 5.55. The Labute approximate surface area is 312 Å². The number of amides is 1. The van der Waals surface area contributed by atoms with Crippen LogP contribution in [0.3, 0.4) is 0 Å². The fraction of sp³-hybridized carbons (Fsp3) is 0.486. The molecular weight excluding hydrogens is 716 g/mol. The number of unbranched alkanes of at least 4 members (excludes halogenated alkanes) is 2. The zero-order chi connectivity index (χ0) is 38.8. The van der Waals surface area contributed by atoms with Gasteiger partial charge in [-0.15, -0.1) is 10.1 Å². The van der Waals surface area contributed by atoms with E-state index in [1.807, 2.05) is 12.2 Å². The van der Waals surface area contributed by atoms with Crippen LogP contribution in [-0.4, -0.2) is 89.5 Å². The summed E-state index contributed by atoms with van der Waals surface area (Å²) in [5.41, 5.74) is 0.138. The van der Waals surface area contributed by atoms with Crippen LogP contribution in [0.5, 0.6) is 17.2 Å². The number of nitrogens with zero attached hydrogens (tertiary/aromatic N) is 1. The molecule has 290 valence electrons. The van der Waals surface area contributed by atoms with Crippen molar-refractivity contribution >= 4 is 29.4 Å². The van der Waals surface area contributed by atoms with Crippen LogP contribution in [-0.2, 0) is 19.2 Å². The molecule has 1 saturated carbocycles. The van der Waals surface area contributed by atoms with E-state index in [2.05, 4.69) is 10.2 Å². The molecule has 1 unspecified atom stereocenters. The number of esters is 2. The van der Waals surface area contributed by atoms with E-state index < -0.39 is 41.4 Å². The SMILES string of the molecule is COc1cc(C(=O)OCCCCO[N+](=O)[O-])ccc1OC(=O)C(C)NC(=O)CCC/C=C\C[C@@H]1[C@@H](/C=C/[C@@H](O)COc2cccc(Cl)c2)[C@H](O)C[C@@H]1O. The van der Waals surface area contributed by atoms with Crippen LogP contribution in [0.2, 0.25) is 5.02 Å². The summed E-state index contributed by atoms with van der Waals surface area (Å²) in [6.45, 7) is 1.40. The molecule has 6 atom stereocenters. The number of rotatable bonds is 22. The minimum atomic E-state index is -0.978. The smallest absolute Gasteiger partial charge is 0.338 e. The van der Waals surface area contributed by atoms with Gasteiger partial charge in [0.1, 0.15) is 24.5 Å². The molecule has 3 rings (SSSR count). The number of nitrogens with one attached hydrogen (secondary N) is 1. The first kappa shape index (κ1) is 42.7. The van der Waals surface area contributed by atoms with Crippen molar-refractivity contribution in [3.05, 3.63) is 87.5 Å². The molecule has 15 nitrogen and oxygen atoms in total. The number of aliphatic hydroxyl groups excluding tert-OH is 3. The molecule has 1 fully saturated rings. The lowest BCUT2D eigenvalue weighted by Crippen LogP contribution is -2.40. The van der Waals surface area contributed by atoms with Crippen LogP contribution in [0.15, 0.2) is 66.8 Å². The van der Waals surface area contributed by atoms with Crippen LogP contribution in [0, 0.1) is 22.0 Å². The van der Waals surface area contributed by atoms with Gasteiger partial charge in [0.25, 0.3) is 5.09 Å². The molecule has 0 saturated heterocycles. The molecule has 4 N–H and O–H groups in total. The standard InChI is InChI=1S/C37H47ClN2O13/c1-24(36(45)53-33-17-14-25(20-34(33)49-2)37(46)50-18-7-8-19-52-40(47)48)39-35(44)13-6-4-3-5-12-29-30(32(43)22-31(29)42)16-15-27(41)23-51-28-11-9-10-26(38)21-28/h3,5,9-11,14-17,20-21,24,27,29-32,41-43H,4,6-8,12-13,18-19,22-23H2,1-2H3,(H,39,44)/b5-3-,16-15+/t24?,27-,29-,30-,31+,32-/m1/s1. The number of carbonyl (C=O) groups is 3. The lowest BCUT2D eigenvalue weighted by molar-refractivity contribution is -0.757. The quantitative estimate of drug-likeness (QED) is 0.0328. The van der Waals surface area contributed by atoms with Gasteiger partial charge in [-0.3, -0.25) is 4.79 Å². The van der Waals surface area contributed by atoms with E-state index in [0.29, 0.717) is 42.9 Å². The maximum atomic E-state index is 12.7. The highest BCUT2D eigenvalue weighted by Gasteiger charge is 2.39. The van der Waals surface area contributed by atoms with Gasteiger partial charge in [-0.2, -0.15) is 0 Å². The first-order chi connectivity index (χ1) is 25.4. The van der Waals surface area contributed by atoms with Crippen molar-refractivity contribution in [1.82, 2.24) is 5.32 Å². The molecular formula is C37H47ClN2O13. The van der Waals surface area contributed by atoms with E-state index in [0.717, 1.165) is 0 Å². The molecule has 1 aliphatic rings. The summed E-state index contributed by atoms with van der Waals surface area (Å²) < 4.78 is 21.4. The Morgan fingerprint density at radius 1 is 1.06 bits per heavy atom. The summed E-state index contributed by atoms with van der Waals surface area (Å²) in [4.78, 5) is 51.9. The number of methoxy groups -OCH3 is 1. The van der Waals surface area contributed by atoms with Gasteiger partial charge < -0.3 is 44.4 Å². The third kappa shape index (κ3) is 15.1. The first-order valence-electron chi connectivity index (χ1n) is 17.3. The number of halogens is 1. The molecule has 0 heterocycles. The number of aliphatic hydroxyl groups is 3. The Balaban J connectivity index is 1.37. The summed E-state index contributed by atoms with van der Waals surface area (Å²) in [5, 5.41) is 43.8. The minimum Gasteiger partial charge on any atom is -0.493 e. The van der Waals surface area contributed by atoms with Crippen molar-refractivity contribution in [3.8, 4) is 17.2 Å². The number of carbonyl (C=O) groups excluding carboxylic acids is 3. The van der Waals surface area contributed by atoms with E-state index >= 15 is 0 Å². The van der Waals surface area contributed by atoms with Crippen LogP contribution in [0.4, 0.5) is 0 Å². The summed E-state index contributed by atoms with van der Waals surface area (Å²) >= 11 is 5.96. The predicted molar refractivity (Wildman–Crippen MR) is 192 cm³/mol. The second-order valence-corrected chi connectivity index (χ2v) is 12.8. The third-order valence-electron chi connectivity index (χ3n) is 8.35. The van der Waals surface area contributed by atoms with Gasteiger partial charge in [0, 0.05) is 23.8 Å². The van der Waals surface area contributed by atoms with Gasteiger partial charge in [0.15, 0.2) is 11.5 Å². The van der Waals surface area contributed by atoms with Crippen molar-refractivity contribution < 1.29 is 58.6 Å². The predicted octanol–water partition coefficient (Wildman–Crippen LogP) is 4.37. The largest absolute Gasteiger partial charge is 0.493 e. The van der Waals surface area contributed by atoms with Crippen LogP contribution < -0.4 is 19.5 Å². The van der Waals surface area contributed by atoms with Crippen molar-refractivity contribution in [2.45, 2.75) is 76.2 Å². The molecule has 16 heteroatoms. The Hall–Kier alpha value is -4.70. The lowest BCUT2D eigenvalue weighted by Gasteiger charge is -2.19. The van der Waals surface area contributed by atoms with E-state index in [1.54, 1.807) is 36.4 Å². The molecule has 0 bridgehead atoms. The molecule has 0 spiro atoms. The van der Waals surface area contributed by atoms with Gasteiger partial charge in [-0.25, -0.2) is 9.59 Å². The van der Waals surface area contributed by atoms with Gasteiger partial charge >= 0.3 is 11.9 Å². The van der Waals surface area contributed by atoms with Crippen LogP contribution in [0.25, 0.3) is 0 Å². The summed E-state index contributed by atoms with van der Waals surface area (Å²) in [7, 11) is 1.33. The molecule has 0 aliphatic heterocycles. The lowest BCUT2D eigenvalue weighted by atomic mass is 9.89. The molecule has 1 aliphatic carbocycles. The second kappa shape index (κ2) is 22.4. The average Bonchev–Trinajstić information content (AvgIpc) is 3.39. The van der Waals surface area contributed by atoms with E-state index in [4.69, 9.17) is 30.5 Å². The molecule has 0 radical (unpaired) electrons. The van der Waals surface area contributed by atoms with E-state index in [1.165, 1.54) is 32.2 Å². The first-order valence-corrected chi connectivity index (χ1v) is 17.6. The Kier molecular flexibility index (Phi) is 18.0. The minimum absolute atomic E-state index is 0.000722. The number of hydrogen-bond acceptors (Lipinski definition) is 13. The zero-order valence-corrected chi connectivity index (χ0v) is 30.4. The summed E-state index contributed by atoms with van der Waals surface area (Å²) in [6.07, 6.45) is 7.32. The highest BCUT2D eigenvalue weighted by Crippen LogP contribution is 2.36. The topological polar surface area (TPSA) is 213 Å². The second-order valence-electron chi connectivity index (χ2n) is 12.4. The number of benzene rings is 2. The van der Waals surface area contributed by atoms with Gasteiger partial charge in [0.2, 0.25) is 5.91 Å².